The normalized spacial score (nSPS) is 51.9. The van der Waals surface area contributed by atoms with Gasteiger partial charge in [0.1, 0.15) is 92.1 Å². The number of carbonyl (C=O) groups is 3. The van der Waals surface area contributed by atoms with Crippen molar-refractivity contribution in [3.8, 4) is 0 Å². The maximum Gasteiger partial charge on any atom is 0.337 e. The van der Waals surface area contributed by atoms with Crippen LogP contribution in [0.3, 0.4) is 0 Å². The van der Waals surface area contributed by atoms with Crippen molar-refractivity contribution in [3.05, 3.63) is 11.6 Å². The molecule has 0 bridgehead atoms. The zero-order valence-electron chi connectivity index (χ0n) is 48.3. The zero-order chi connectivity index (χ0) is 60.1. The first-order valence-electron chi connectivity index (χ1n) is 29.1. The minimum absolute atomic E-state index is 0.0809. The first-order valence-corrected chi connectivity index (χ1v) is 29.1. The number of methoxy groups -OCH3 is 1. The van der Waals surface area contributed by atoms with Crippen LogP contribution in [0.15, 0.2) is 11.6 Å². The third kappa shape index (κ3) is 10.7. The molecule has 0 radical (unpaired) electrons. The number of ether oxygens (including phenoxy) is 10. The number of esters is 3. The van der Waals surface area contributed by atoms with E-state index in [1.165, 1.54) is 12.5 Å². The number of carbonyl (C=O) groups excluding carboxylic acids is 3. The van der Waals surface area contributed by atoms with Gasteiger partial charge in [-0.1, -0.05) is 53.2 Å². The molecule has 9 aliphatic rings. The molecule has 0 aromatic rings. The van der Waals surface area contributed by atoms with Gasteiger partial charge in [0.25, 0.3) is 0 Å². The molecule has 0 aromatic carbocycles. The number of hydrogen-bond donors (Lipinski definition) is 12. The van der Waals surface area contributed by atoms with Crippen molar-refractivity contribution in [2.45, 2.75) is 249 Å². The van der Waals surface area contributed by atoms with Gasteiger partial charge in [0.15, 0.2) is 25.0 Å². The Morgan fingerprint density at radius 1 is 0.622 bits per heavy atom. The third-order valence-corrected chi connectivity index (χ3v) is 21.9. The molecule has 29 atom stereocenters. The van der Waals surface area contributed by atoms with Crippen LogP contribution in [0.1, 0.15) is 120 Å². The van der Waals surface area contributed by atoms with Gasteiger partial charge in [-0.2, -0.15) is 0 Å². The molecule has 4 aliphatic heterocycles. The summed E-state index contributed by atoms with van der Waals surface area (Å²) in [6.45, 7) is 14.3. The van der Waals surface area contributed by atoms with Crippen LogP contribution < -0.4 is 0 Å². The highest BCUT2D eigenvalue weighted by molar-refractivity contribution is 5.79. The number of hydrogen-bond acceptors (Lipinski definition) is 25. The summed E-state index contributed by atoms with van der Waals surface area (Å²) in [5.74, 6) is -2.58. The molecule has 12 N–H and O–H groups in total. The van der Waals surface area contributed by atoms with Crippen molar-refractivity contribution in [1.29, 1.82) is 0 Å². The Bertz CT molecular complexity index is 2340. The maximum absolute atomic E-state index is 15.2. The van der Waals surface area contributed by atoms with E-state index >= 15 is 4.79 Å². The second kappa shape index (κ2) is 23.5. The molecule has 0 unspecified atom stereocenters. The maximum atomic E-state index is 15.2. The van der Waals surface area contributed by atoms with Crippen LogP contribution in [0.2, 0.25) is 0 Å². The molecule has 9 rings (SSSR count). The van der Waals surface area contributed by atoms with Gasteiger partial charge in [0.05, 0.1) is 37.9 Å². The van der Waals surface area contributed by atoms with Gasteiger partial charge in [-0.25, -0.2) is 4.79 Å². The summed E-state index contributed by atoms with van der Waals surface area (Å²) in [5.41, 5.74) is -1.98. The van der Waals surface area contributed by atoms with Crippen molar-refractivity contribution >= 4 is 17.9 Å². The largest absolute Gasteiger partial charge is 0.467 e. The van der Waals surface area contributed by atoms with Crippen LogP contribution in [0, 0.1) is 50.2 Å². The van der Waals surface area contributed by atoms with E-state index in [4.69, 9.17) is 47.4 Å². The highest BCUT2D eigenvalue weighted by Gasteiger charge is 2.71. The Morgan fingerprint density at radius 3 is 1.89 bits per heavy atom. The smallest absolute Gasteiger partial charge is 0.337 e. The average Bonchev–Trinajstić information content (AvgIpc) is 2.25. The van der Waals surface area contributed by atoms with Crippen LogP contribution in [0.4, 0.5) is 0 Å². The topological polar surface area (TPSA) is 386 Å². The lowest BCUT2D eigenvalue weighted by molar-refractivity contribution is -0.361. The van der Waals surface area contributed by atoms with Crippen LogP contribution in [0.25, 0.3) is 0 Å². The summed E-state index contributed by atoms with van der Waals surface area (Å²) >= 11 is 0. The highest BCUT2D eigenvalue weighted by atomic mass is 16.8. The third-order valence-electron chi connectivity index (χ3n) is 21.9. The molecule has 4 saturated heterocycles. The van der Waals surface area contributed by atoms with Gasteiger partial charge in [-0.15, -0.1) is 0 Å². The van der Waals surface area contributed by atoms with E-state index < -0.39 is 176 Å². The number of allylic oxidation sites excluding steroid dienone is 2. The van der Waals surface area contributed by atoms with Gasteiger partial charge < -0.3 is 109 Å². The summed E-state index contributed by atoms with van der Waals surface area (Å²) in [7, 11) is 1.12. The Kier molecular flexibility index (Phi) is 18.3. The predicted octanol–water partition coefficient (Wildman–Crippen LogP) is -1.28. The lowest BCUT2D eigenvalue weighted by atomic mass is 9.33. The van der Waals surface area contributed by atoms with E-state index in [1.54, 1.807) is 0 Å². The molecule has 0 spiro atoms. The molecule has 468 valence electrons. The van der Waals surface area contributed by atoms with E-state index in [9.17, 15) is 70.9 Å². The zero-order valence-corrected chi connectivity index (χ0v) is 48.3. The monoisotopic (exact) mass is 1170 g/mol. The van der Waals surface area contributed by atoms with Crippen molar-refractivity contribution in [2.75, 3.05) is 26.9 Å². The summed E-state index contributed by atoms with van der Waals surface area (Å²) in [6.07, 6.45) is -25.7. The lowest BCUT2D eigenvalue weighted by Gasteiger charge is -2.71. The number of rotatable bonds is 13. The molecule has 0 amide bonds. The quantitative estimate of drug-likeness (QED) is 0.0442. The summed E-state index contributed by atoms with van der Waals surface area (Å²) < 4.78 is 57.5. The number of aliphatic hydroxyl groups is 12. The second-order valence-electron chi connectivity index (χ2n) is 27.0. The van der Waals surface area contributed by atoms with E-state index in [1.807, 2.05) is 6.92 Å². The standard InChI is InChI=1S/C57H90O25/c1-24-33(60)35(62)40(67)48(76-24)80-44-29(22-74-25(2)59)78-47(43(70)39(44)66)75-21-28-34(61)36(63)41(68)49(77-28)82-51(72)57-18-16-52(3,4)20-27(57)26-10-11-31-53(5)14-13-32(79-50-42(69)37(64)38(65)45(81-50)46(71)73-9)54(6,23-58)30(53)12-15-56(31,8)55(26,7)17-19-57/h10,24,27-45,47-50,58,60-70H,11-23H2,1-9H3/t24-,27-,28+,29+,30+,31+,32-,33-,34+,35+,36-,37-,38-,39+,40+,41+,42+,43+,44+,45-,47+,48-,49-,50+,53-,54-,55+,56+,57-/m0/s1. The Morgan fingerprint density at radius 2 is 1.23 bits per heavy atom. The fourth-order valence-electron chi connectivity index (χ4n) is 16.7. The summed E-state index contributed by atoms with van der Waals surface area (Å²) in [6, 6.07) is 0. The average molecular weight is 1180 g/mol. The van der Waals surface area contributed by atoms with Gasteiger partial charge in [0.2, 0.25) is 6.29 Å². The van der Waals surface area contributed by atoms with E-state index in [2.05, 4.69) is 40.7 Å². The number of fused-ring (bicyclic) bond motifs is 7. The molecule has 4 heterocycles. The SMILES string of the molecule is COC(=O)[C@H]1O[C@@H](O[C@H]2CC[C@@]3(C)[C@@H](CC[C@]4(C)[C@@H]3CC=C3[C@@H]5CC(C)(C)CC[C@]5(C(=O)O[C@@H]5O[C@H](CO[C@@H]6O[C@H](COC(C)=O)[C@@H](O[C@@H]7O[C@@H](C)[C@H](O)[C@@H](O)[C@H]7O)[C@H](O)[C@H]6O)[C@@H](O)[C@H](O)[C@H]5O)CC[C@]34C)[C@]2(C)CO)[C@H](O)[C@@H](O)[C@@H]1O. The summed E-state index contributed by atoms with van der Waals surface area (Å²) in [5, 5.41) is 131. The Hall–Kier alpha value is -2.61. The van der Waals surface area contributed by atoms with Crippen LogP contribution in [-0.2, 0) is 61.8 Å². The fourth-order valence-corrected chi connectivity index (χ4v) is 16.7. The summed E-state index contributed by atoms with van der Waals surface area (Å²) in [4.78, 5) is 39.6. The van der Waals surface area contributed by atoms with Crippen LogP contribution in [0.5, 0.6) is 0 Å². The molecule has 4 saturated carbocycles. The van der Waals surface area contributed by atoms with Crippen LogP contribution >= 0.6 is 0 Å². The molecule has 5 aliphatic carbocycles. The van der Waals surface area contributed by atoms with E-state index in [0.29, 0.717) is 57.8 Å². The van der Waals surface area contributed by atoms with Crippen molar-refractivity contribution in [2.24, 2.45) is 50.2 Å². The molecule has 82 heavy (non-hydrogen) atoms. The fraction of sp³-hybridized carbons (Fsp3) is 0.912. The highest BCUT2D eigenvalue weighted by Crippen LogP contribution is 2.76. The van der Waals surface area contributed by atoms with Crippen LogP contribution in [-0.4, -0.2) is 235 Å². The lowest BCUT2D eigenvalue weighted by Crippen LogP contribution is -2.67. The Balaban J connectivity index is 0.906. The van der Waals surface area contributed by atoms with Gasteiger partial charge in [-0.3, -0.25) is 9.59 Å². The predicted molar refractivity (Wildman–Crippen MR) is 277 cm³/mol. The first-order chi connectivity index (χ1) is 38.3. The molecule has 0 aromatic heterocycles. The minimum atomic E-state index is -1.92. The van der Waals surface area contributed by atoms with Crippen molar-refractivity contribution < 1.29 is 123 Å². The molecule has 25 heteroatoms. The molecular weight excluding hydrogens is 1080 g/mol. The molecule has 25 nitrogen and oxygen atoms in total. The van der Waals surface area contributed by atoms with E-state index in [-0.39, 0.29) is 40.6 Å². The molecule has 8 fully saturated rings. The van der Waals surface area contributed by atoms with Gasteiger partial charge >= 0.3 is 17.9 Å². The number of aliphatic hydroxyl groups excluding tert-OH is 12. The van der Waals surface area contributed by atoms with Crippen molar-refractivity contribution in [3.63, 3.8) is 0 Å². The Labute approximate surface area is 477 Å². The van der Waals surface area contributed by atoms with Gasteiger partial charge in [0, 0.05) is 12.3 Å². The van der Waals surface area contributed by atoms with E-state index in [0.717, 1.165) is 20.5 Å². The molecular formula is C57H90O25. The van der Waals surface area contributed by atoms with Gasteiger partial charge in [-0.05, 0) is 111 Å². The van der Waals surface area contributed by atoms with Crippen molar-refractivity contribution in [1.82, 2.24) is 0 Å². The first kappa shape index (κ1) is 63.9. The minimum Gasteiger partial charge on any atom is -0.467 e. The second-order valence-corrected chi connectivity index (χ2v) is 27.0.